The van der Waals surface area contributed by atoms with Gasteiger partial charge in [0.15, 0.2) is 5.78 Å². The molecule has 0 saturated carbocycles. The van der Waals surface area contributed by atoms with Crippen molar-refractivity contribution in [3.8, 4) is 11.5 Å². The number of carbonyl (C=O) groups is 1. The van der Waals surface area contributed by atoms with Gasteiger partial charge >= 0.3 is 0 Å². The van der Waals surface area contributed by atoms with Crippen LogP contribution in [0.1, 0.15) is 49.0 Å². The average Bonchev–Trinajstić information content (AvgIpc) is 2.52. The number of nitrogens with one attached hydrogen (secondary N) is 1. The van der Waals surface area contributed by atoms with Gasteiger partial charge in [-0.3, -0.25) is 4.79 Å². The van der Waals surface area contributed by atoms with Crippen LogP contribution in [-0.2, 0) is 6.42 Å². The number of hydrogen-bond acceptors (Lipinski definition) is 5. The summed E-state index contributed by atoms with van der Waals surface area (Å²) in [6, 6.07) is 3.51. The van der Waals surface area contributed by atoms with E-state index < -0.39 is 6.10 Å². The lowest BCUT2D eigenvalue weighted by molar-refractivity contribution is 0.0960. The van der Waals surface area contributed by atoms with Gasteiger partial charge in [-0.05, 0) is 38.3 Å². The first-order valence-electron chi connectivity index (χ1n) is 7.95. The van der Waals surface area contributed by atoms with Gasteiger partial charge in [0.1, 0.15) is 24.2 Å². The minimum atomic E-state index is -0.613. The Hall–Kier alpha value is -1.59. The molecule has 2 atom stereocenters. The molecule has 0 aliphatic heterocycles. The van der Waals surface area contributed by atoms with Crippen molar-refractivity contribution in [3.05, 3.63) is 23.3 Å². The highest BCUT2D eigenvalue weighted by molar-refractivity contribution is 6.01. The topological polar surface area (TPSA) is 78.8 Å². The lowest BCUT2D eigenvalue weighted by Crippen LogP contribution is -2.36. The Balaban J connectivity index is 1.99. The molecule has 5 nitrogen and oxygen atoms in total. The van der Waals surface area contributed by atoms with Gasteiger partial charge < -0.3 is 20.3 Å². The predicted molar refractivity (Wildman–Crippen MR) is 84.6 cm³/mol. The van der Waals surface area contributed by atoms with Crippen molar-refractivity contribution in [1.29, 1.82) is 0 Å². The number of phenolic OH excluding ortho intramolecular Hbond substituents is 1. The quantitative estimate of drug-likeness (QED) is 0.718. The molecule has 1 aliphatic carbocycles. The SMILES string of the molecule is CC[C@H](C)NC[C@@H](O)COc1ccc(O)c2c1CCCC2=O. The van der Waals surface area contributed by atoms with Crippen LogP contribution in [0.3, 0.4) is 0 Å². The van der Waals surface area contributed by atoms with Gasteiger partial charge in [-0.15, -0.1) is 0 Å². The first kappa shape index (κ1) is 16.8. The Labute approximate surface area is 131 Å². The number of aromatic hydroxyl groups is 1. The monoisotopic (exact) mass is 307 g/mol. The summed E-state index contributed by atoms with van der Waals surface area (Å²) in [4.78, 5) is 11.9. The molecule has 0 radical (unpaired) electrons. The fraction of sp³-hybridized carbons (Fsp3) is 0.588. The van der Waals surface area contributed by atoms with E-state index in [1.807, 2.05) is 0 Å². The molecule has 0 spiro atoms. The number of rotatable bonds is 7. The number of aliphatic hydroxyl groups excluding tert-OH is 1. The zero-order valence-electron chi connectivity index (χ0n) is 13.3. The summed E-state index contributed by atoms with van der Waals surface area (Å²) in [7, 11) is 0. The molecule has 2 rings (SSSR count). The largest absolute Gasteiger partial charge is 0.507 e. The fourth-order valence-electron chi connectivity index (χ4n) is 2.59. The van der Waals surface area contributed by atoms with E-state index in [1.54, 1.807) is 6.07 Å². The minimum absolute atomic E-state index is 0.0195. The third kappa shape index (κ3) is 3.99. The average molecular weight is 307 g/mol. The number of ketones is 1. The van der Waals surface area contributed by atoms with Gasteiger partial charge in [0.25, 0.3) is 0 Å². The molecule has 5 heteroatoms. The fourth-order valence-corrected chi connectivity index (χ4v) is 2.59. The molecule has 1 aromatic carbocycles. The number of aliphatic hydroxyl groups is 1. The molecule has 3 N–H and O–H groups in total. The van der Waals surface area contributed by atoms with Crippen LogP contribution in [-0.4, -0.2) is 41.3 Å². The van der Waals surface area contributed by atoms with Crippen LogP contribution in [0, 0.1) is 0 Å². The van der Waals surface area contributed by atoms with Gasteiger partial charge in [0.2, 0.25) is 0 Å². The zero-order chi connectivity index (χ0) is 16.1. The third-order valence-corrected chi connectivity index (χ3v) is 4.10. The molecule has 122 valence electrons. The molecule has 0 amide bonds. The number of hydrogen-bond donors (Lipinski definition) is 3. The highest BCUT2D eigenvalue weighted by Crippen LogP contribution is 2.35. The van der Waals surface area contributed by atoms with Crippen molar-refractivity contribution in [3.63, 3.8) is 0 Å². The maximum Gasteiger partial charge on any atom is 0.167 e. The summed E-state index contributed by atoms with van der Waals surface area (Å²) in [5.74, 6) is 0.567. The molecule has 22 heavy (non-hydrogen) atoms. The first-order chi connectivity index (χ1) is 10.5. The van der Waals surface area contributed by atoms with Crippen molar-refractivity contribution in [2.45, 2.75) is 51.7 Å². The van der Waals surface area contributed by atoms with Crippen LogP contribution in [0.4, 0.5) is 0 Å². The van der Waals surface area contributed by atoms with Crippen molar-refractivity contribution in [1.82, 2.24) is 5.32 Å². The number of fused-ring (bicyclic) bond motifs is 1. The molecule has 0 unspecified atom stereocenters. The van der Waals surface area contributed by atoms with E-state index in [0.717, 1.165) is 18.4 Å². The normalized spacial score (nSPS) is 17.0. The Kier molecular flexibility index (Phi) is 5.80. The third-order valence-electron chi connectivity index (χ3n) is 4.10. The van der Waals surface area contributed by atoms with Crippen LogP contribution in [0.15, 0.2) is 12.1 Å². The van der Waals surface area contributed by atoms with Crippen LogP contribution in [0.25, 0.3) is 0 Å². The number of ether oxygens (including phenoxy) is 1. The van der Waals surface area contributed by atoms with Crippen molar-refractivity contribution in [2.75, 3.05) is 13.2 Å². The number of Topliss-reactive ketones (excluding diaryl/α,β-unsaturated/α-hetero) is 1. The first-order valence-corrected chi connectivity index (χ1v) is 7.95. The van der Waals surface area contributed by atoms with E-state index >= 15 is 0 Å². The Morgan fingerprint density at radius 3 is 2.86 bits per heavy atom. The summed E-state index contributed by atoms with van der Waals surface area (Å²) < 4.78 is 5.68. The van der Waals surface area contributed by atoms with Crippen LogP contribution < -0.4 is 10.1 Å². The minimum Gasteiger partial charge on any atom is -0.507 e. The maximum atomic E-state index is 11.9. The van der Waals surface area contributed by atoms with E-state index in [0.29, 0.717) is 36.7 Å². The second kappa shape index (κ2) is 7.61. The summed E-state index contributed by atoms with van der Waals surface area (Å²) in [5.41, 5.74) is 1.15. The van der Waals surface area contributed by atoms with E-state index in [1.165, 1.54) is 6.07 Å². The van der Waals surface area contributed by atoms with Crippen LogP contribution in [0.2, 0.25) is 0 Å². The molecule has 0 bridgehead atoms. The lowest BCUT2D eigenvalue weighted by atomic mass is 9.89. The van der Waals surface area contributed by atoms with Crippen molar-refractivity contribution in [2.24, 2.45) is 0 Å². The van der Waals surface area contributed by atoms with Gasteiger partial charge in [-0.25, -0.2) is 0 Å². The molecule has 0 saturated heterocycles. The zero-order valence-corrected chi connectivity index (χ0v) is 13.3. The second-order valence-corrected chi connectivity index (χ2v) is 5.90. The Morgan fingerprint density at radius 2 is 2.14 bits per heavy atom. The number of benzene rings is 1. The van der Waals surface area contributed by atoms with Gasteiger partial charge in [-0.1, -0.05) is 6.92 Å². The van der Waals surface area contributed by atoms with Gasteiger partial charge in [-0.2, -0.15) is 0 Å². The molecule has 0 heterocycles. The maximum absolute atomic E-state index is 11.9. The molecular weight excluding hydrogens is 282 g/mol. The molecule has 1 aliphatic rings. The van der Waals surface area contributed by atoms with E-state index in [4.69, 9.17) is 4.74 Å². The molecule has 1 aromatic rings. The van der Waals surface area contributed by atoms with E-state index in [2.05, 4.69) is 19.2 Å². The van der Waals surface area contributed by atoms with E-state index in [-0.39, 0.29) is 18.1 Å². The lowest BCUT2D eigenvalue weighted by Gasteiger charge is -2.21. The van der Waals surface area contributed by atoms with Gasteiger partial charge in [0, 0.05) is 24.6 Å². The Morgan fingerprint density at radius 1 is 1.36 bits per heavy atom. The predicted octanol–water partition coefficient (Wildman–Crippen LogP) is 2.04. The summed E-state index contributed by atoms with van der Waals surface area (Å²) >= 11 is 0. The standard InChI is InChI=1S/C17H25NO4/c1-3-11(2)18-9-12(19)10-22-16-8-7-15(21)17-13(16)5-4-6-14(17)20/h7-8,11-12,18-19,21H,3-6,9-10H2,1-2H3/t11-,12+/m0/s1. The smallest absolute Gasteiger partial charge is 0.167 e. The van der Waals surface area contributed by atoms with Crippen LogP contribution in [0.5, 0.6) is 11.5 Å². The molecular formula is C17H25NO4. The second-order valence-electron chi connectivity index (χ2n) is 5.90. The highest BCUT2D eigenvalue weighted by atomic mass is 16.5. The van der Waals surface area contributed by atoms with Crippen molar-refractivity contribution >= 4 is 5.78 Å². The van der Waals surface area contributed by atoms with E-state index in [9.17, 15) is 15.0 Å². The molecule has 0 aromatic heterocycles. The summed E-state index contributed by atoms with van der Waals surface area (Å²) in [6.07, 6.45) is 2.33. The number of phenols is 1. The van der Waals surface area contributed by atoms with Gasteiger partial charge in [0.05, 0.1) is 5.56 Å². The number of carbonyl (C=O) groups excluding carboxylic acids is 1. The van der Waals surface area contributed by atoms with Crippen molar-refractivity contribution < 1.29 is 19.7 Å². The molecule has 0 fully saturated rings. The Bertz CT molecular complexity index is 530. The highest BCUT2D eigenvalue weighted by Gasteiger charge is 2.24. The van der Waals surface area contributed by atoms with Crippen LogP contribution >= 0.6 is 0 Å². The summed E-state index contributed by atoms with van der Waals surface area (Å²) in [5, 5.41) is 23.0. The summed E-state index contributed by atoms with van der Waals surface area (Å²) in [6.45, 7) is 4.78.